The summed E-state index contributed by atoms with van der Waals surface area (Å²) in [7, 11) is 0. The van der Waals surface area contributed by atoms with Crippen molar-refractivity contribution < 1.29 is 4.39 Å². The molecule has 1 rings (SSSR count). The monoisotopic (exact) mass is 293 g/mol. The molecule has 2 heteroatoms. The smallest absolute Gasteiger partial charge is 0.123 e. The molecule has 0 fully saturated rings. The number of benzene rings is 1. The second-order valence-corrected chi connectivity index (χ2v) is 7.65. The van der Waals surface area contributed by atoms with Gasteiger partial charge in [-0.15, -0.1) is 0 Å². The van der Waals surface area contributed by atoms with E-state index in [-0.39, 0.29) is 11.4 Å². The molecule has 120 valence electrons. The number of hydrogen-bond acceptors (Lipinski definition) is 1. The van der Waals surface area contributed by atoms with E-state index in [0.717, 1.165) is 18.9 Å². The van der Waals surface area contributed by atoms with Crippen LogP contribution in [0.1, 0.15) is 59.4 Å². The number of hydrogen-bond donors (Lipinski definition) is 1. The summed E-state index contributed by atoms with van der Waals surface area (Å²) in [5.41, 5.74) is 1.39. The average Bonchev–Trinajstić information content (AvgIpc) is 2.37. The average molecular weight is 293 g/mol. The third-order valence-corrected chi connectivity index (χ3v) is 3.75. The molecular formula is C19H32FN. The molecule has 0 amide bonds. The van der Waals surface area contributed by atoms with E-state index < -0.39 is 0 Å². The summed E-state index contributed by atoms with van der Waals surface area (Å²) in [6.07, 6.45) is 4.82. The Balaban J connectivity index is 2.55. The van der Waals surface area contributed by atoms with Crippen LogP contribution in [-0.4, -0.2) is 12.1 Å². The van der Waals surface area contributed by atoms with E-state index in [1.54, 1.807) is 12.1 Å². The molecule has 1 atom stereocenters. The van der Waals surface area contributed by atoms with Crippen molar-refractivity contribution in [2.24, 2.45) is 11.8 Å². The molecule has 1 unspecified atom stereocenters. The topological polar surface area (TPSA) is 12.0 Å². The Labute approximate surface area is 130 Å². The second kappa shape index (κ2) is 8.53. The molecule has 0 saturated carbocycles. The normalized spacial score (nSPS) is 13.7. The Hall–Kier alpha value is -0.890. The fraction of sp³-hybridized carbons (Fsp3) is 0.684. The van der Waals surface area contributed by atoms with Crippen LogP contribution >= 0.6 is 0 Å². The summed E-state index contributed by atoms with van der Waals surface area (Å²) in [6.45, 7) is 12.2. The van der Waals surface area contributed by atoms with Crippen LogP contribution in [0, 0.1) is 17.7 Å². The Morgan fingerprint density at radius 3 is 2.19 bits per heavy atom. The van der Waals surface area contributed by atoms with Gasteiger partial charge >= 0.3 is 0 Å². The van der Waals surface area contributed by atoms with Crippen molar-refractivity contribution in [3.05, 3.63) is 35.6 Å². The summed E-state index contributed by atoms with van der Waals surface area (Å²) in [5.74, 6) is 1.24. The largest absolute Gasteiger partial charge is 0.312 e. The lowest BCUT2D eigenvalue weighted by molar-refractivity contribution is 0.344. The molecule has 1 N–H and O–H groups in total. The van der Waals surface area contributed by atoms with Gasteiger partial charge in [-0.25, -0.2) is 4.39 Å². The lowest BCUT2D eigenvalue weighted by Crippen LogP contribution is -2.39. The predicted octanol–water partition coefficient (Wildman–Crippen LogP) is 5.20. The summed E-state index contributed by atoms with van der Waals surface area (Å²) < 4.78 is 13.0. The minimum atomic E-state index is -0.150. The van der Waals surface area contributed by atoms with Crippen LogP contribution < -0.4 is 5.32 Å². The minimum absolute atomic E-state index is 0.150. The molecule has 0 radical (unpaired) electrons. The third kappa shape index (κ3) is 8.87. The van der Waals surface area contributed by atoms with Gasteiger partial charge in [-0.05, 0) is 69.7 Å². The van der Waals surface area contributed by atoms with Crippen molar-refractivity contribution in [1.82, 2.24) is 5.32 Å². The van der Waals surface area contributed by atoms with Gasteiger partial charge in [0.2, 0.25) is 0 Å². The Morgan fingerprint density at radius 2 is 1.67 bits per heavy atom. The van der Waals surface area contributed by atoms with Crippen LogP contribution in [0.15, 0.2) is 24.3 Å². The molecule has 0 aliphatic carbocycles. The molecule has 0 bridgehead atoms. The van der Waals surface area contributed by atoms with E-state index in [0.29, 0.717) is 5.92 Å². The van der Waals surface area contributed by atoms with E-state index in [9.17, 15) is 4.39 Å². The maximum absolute atomic E-state index is 13.0. The van der Waals surface area contributed by atoms with E-state index in [1.807, 2.05) is 12.1 Å². The molecule has 1 aromatic rings. The molecule has 0 spiro atoms. The van der Waals surface area contributed by atoms with Crippen LogP contribution in [0.2, 0.25) is 0 Å². The van der Waals surface area contributed by atoms with Crippen molar-refractivity contribution in [3.63, 3.8) is 0 Å². The summed E-state index contributed by atoms with van der Waals surface area (Å²) >= 11 is 0. The van der Waals surface area contributed by atoms with Gasteiger partial charge in [0.25, 0.3) is 0 Å². The van der Waals surface area contributed by atoms with Crippen molar-refractivity contribution in [1.29, 1.82) is 0 Å². The summed E-state index contributed by atoms with van der Waals surface area (Å²) in [5, 5.41) is 3.62. The molecule has 0 saturated heterocycles. The van der Waals surface area contributed by atoms with E-state index >= 15 is 0 Å². The van der Waals surface area contributed by atoms with Gasteiger partial charge in [-0.2, -0.15) is 0 Å². The zero-order valence-electron chi connectivity index (χ0n) is 14.4. The van der Waals surface area contributed by atoms with Crippen molar-refractivity contribution >= 4 is 0 Å². The lowest BCUT2D eigenvalue weighted by Gasteiger charge is -2.25. The van der Waals surface area contributed by atoms with Crippen molar-refractivity contribution in [3.8, 4) is 0 Å². The van der Waals surface area contributed by atoms with Crippen molar-refractivity contribution in [2.45, 2.75) is 65.8 Å². The maximum Gasteiger partial charge on any atom is 0.123 e. The Morgan fingerprint density at radius 1 is 1.05 bits per heavy atom. The molecule has 0 aromatic heterocycles. The Kier molecular flexibility index (Phi) is 7.37. The fourth-order valence-electron chi connectivity index (χ4n) is 2.50. The minimum Gasteiger partial charge on any atom is -0.312 e. The van der Waals surface area contributed by atoms with Crippen LogP contribution in [0.25, 0.3) is 0 Å². The van der Waals surface area contributed by atoms with Gasteiger partial charge in [0.05, 0.1) is 0 Å². The second-order valence-electron chi connectivity index (χ2n) is 7.65. The van der Waals surface area contributed by atoms with Gasteiger partial charge in [0.15, 0.2) is 0 Å². The highest BCUT2D eigenvalue weighted by atomic mass is 19.1. The molecule has 1 aromatic carbocycles. The quantitative estimate of drug-likeness (QED) is 0.694. The zero-order valence-corrected chi connectivity index (χ0v) is 14.4. The third-order valence-electron chi connectivity index (χ3n) is 3.75. The van der Waals surface area contributed by atoms with Crippen molar-refractivity contribution in [2.75, 3.05) is 6.54 Å². The molecule has 0 aliphatic heterocycles. The first-order chi connectivity index (χ1) is 9.76. The number of nitrogens with one attached hydrogen (secondary N) is 1. The highest BCUT2D eigenvalue weighted by Gasteiger charge is 2.15. The highest BCUT2D eigenvalue weighted by Crippen LogP contribution is 2.18. The van der Waals surface area contributed by atoms with E-state index in [4.69, 9.17) is 0 Å². The van der Waals surface area contributed by atoms with Gasteiger partial charge in [0.1, 0.15) is 5.82 Å². The van der Waals surface area contributed by atoms with Gasteiger partial charge < -0.3 is 5.32 Å². The molecule has 1 nitrogen and oxygen atoms in total. The van der Waals surface area contributed by atoms with Gasteiger partial charge in [-0.3, -0.25) is 0 Å². The maximum atomic E-state index is 13.0. The number of halogens is 1. The predicted molar refractivity (Wildman–Crippen MR) is 90.0 cm³/mol. The van der Waals surface area contributed by atoms with Crippen LogP contribution in [0.5, 0.6) is 0 Å². The van der Waals surface area contributed by atoms with Crippen LogP contribution in [-0.2, 0) is 6.42 Å². The first kappa shape index (κ1) is 18.2. The van der Waals surface area contributed by atoms with Crippen LogP contribution in [0.4, 0.5) is 4.39 Å². The molecule has 0 aliphatic rings. The van der Waals surface area contributed by atoms with E-state index in [1.165, 1.54) is 24.8 Å². The zero-order chi connectivity index (χ0) is 15.9. The number of rotatable bonds is 8. The first-order valence-corrected chi connectivity index (χ1v) is 8.26. The fourth-order valence-corrected chi connectivity index (χ4v) is 2.50. The Bertz CT molecular complexity index is 389. The van der Waals surface area contributed by atoms with Crippen LogP contribution in [0.3, 0.4) is 0 Å². The first-order valence-electron chi connectivity index (χ1n) is 8.26. The molecular weight excluding hydrogens is 261 g/mol. The van der Waals surface area contributed by atoms with Gasteiger partial charge in [0, 0.05) is 5.54 Å². The SMILES string of the molecule is CC(C)CCCC(CNC(C)(C)C)Cc1ccc(F)cc1. The lowest BCUT2D eigenvalue weighted by atomic mass is 9.91. The summed E-state index contributed by atoms with van der Waals surface area (Å²) in [4.78, 5) is 0. The molecule has 21 heavy (non-hydrogen) atoms. The molecule has 0 heterocycles. The highest BCUT2D eigenvalue weighted by molar-refractivity contribution is 5.16. The van der Waals surface area contributed by atoms with Gasteiger partial charge in [-0.1, -0.05) is 38.8 Å². The standard InChI is InChI=1S/C19H32FN/c1-15(2)7-6-8-17(14-21-19(3,4)5)13-16-9-11-18(20)12-10-16/h9-12,15,17,21H,6-8,13-14H2,1-5H3. The summed E-state index contributed by atoms with van der Waals surface area (Å²) in [6, 6.07) is 6.97. The van der Waals surface area contributed by atoms with E-state index in [2.05, 4.69) is 39.9 Å².